The minimum Gasteiger partial charge on any atom is -0.439 e. The summed E-state index contributed by atoms with van der Waals surface area (Å²) in [5.41, 5.74) is -0.353. The van der Waals surface area contributed by atoms with E-state index in [1.165, 1.54) is 0 Å². The van der Waals surface area contributed by atoms with Crippen LogP contribution in [0.4, 0.5) is 13.2 Å². The Balaban J connectivity index is 0.00000210. The number of hydrogen-bond acceptors (Lipinski definition) is 4. The Kier molecular flexibility index (Phi) is 9.19. The van der Waals surface area contributed by atoms with Crippen molar-refractivity contribution >= 4 is 30.7 Å². The molecule has 1 aromatic heterocycles. The molecular weight excluding hydrogens is 430 g/mol. The average Bonchev–Trinajstić information content (AvgIpc) is 2.64. The van der Waals surface area contributed by atoms with E-state index in [4.69, 9.17) is 4.74 Å². The highest BCUT2D eigenvalue weighted by molar-refractivity contribution is 5.94. The Bertz CT molecular complexity index is 787. The molecule has 1 aliphatic rings. The lowest BCUT2D eigenvalue weighted by atomic mass is 9.99. The van der Waals surface area contributed by atoms with E-state index in [0.717, 1.165) is 37.7 Å². The van der Waals surface area contributed by atoms with Gasteiger partial charge in [0.15, 0.2) is 0 Å². The summed E-state index contributed by atoms with van der Waals surface area (Å²) in [5.74, 6) is 0.253. The summed E-state index contributed by atoms with van der Waals surface area (Å²) in [6.07, 6.45) is -1.77. The fourth-order valence-electron chi connectivity index (χ4n) is 2.90. The van der Waals surface area contributed by atoms with Gasteiger partial charge in [0, 0.05) is 29.9 Å². The van der Waals surface area contributed by atoms with Gasteiger partial charge in [-0.1, -0.05) is 0 Å². The van der Waals surface area contributed by atoms with Gasteiger partial charge in [-0.15, -0.1) is 24.8 Å². The molecular formula is C19H22Cl2F3N3O2. The molecule has 2 heterocycles. The average molecular weight is 452 g/mol. The van der Waals surface area contributed by atoms with Gasteiger partial charge >= 0.3 is 6.18 Å². The molecule has 2 atom stereocenters. The molecule has 0 bridgehead atoms. The number of nitrogens with zero attached hydrogens (tertiary/aromatic N) is 1. The van der Waals surface area contributed by atoms with Crippen molar-refractivity contribution in [2.75, 3.05) is 6.54 Å². The Morgan fingerprint density at radius 2 is 1.86 bits per heavy atom. The number of halogens is 5. The fourth-order valence-corrected chi connectivity index (χ4v) is 2.90. The van der Waals surface area contributed by atoms with E-state index in [1.54, 1.807) is 24.3 Å². The maximum absolute atomic E-state index is 12.5. The third kappa shape index (κ3) is 6.76. The smallest absolute Gasteiger partial charge is 0.417 e. The van der Waals surface area contributed by atoms with Crippen molar-refractivity contribution in [3.8, 4) is 11.6 Å². The molecule has 2 unspecified atom stereocenters. The van der Waals surface area contributed by atoms with Crippen molar-refractivity contribution in [1.29, 1.82) is 0 Å². The van der Waals surface area contributed by atoms with E-state index >= 15 is 0 Å². The first-order chi connectivity index (χ1) is 12.8. The van der Waals surface area contributed by atoms with Crippen molar-refractivity contribution in [3.63, 3.8) is 0 Å². The van der Waals surface area contributed by atoms with Crippen molar-refractivity contribution in [2.45, 2.75) is 38.0 Å². The predicted octanol–water partition coefficient (Wildman–Crippen LogP) is 4.61. The lowest BCUT2D eigenvalue weighted by molar-refractivity contribution is -0.137. The van der Waals surface area contributed by atoms with Crippen LogP contribution in [0.2, 0.25) is 0 Å². The molecule has 1 amide bonds. The van der Waals surface area contributed by atoms with E-state index in [1.807, 2.05) is 6.92 Å². The van der Waals surface area contributed by atoms with E-state index in [2.05, 4.69) is 15.6 Å². The summed E-state index contributed by atoms with van der Waals surface area (Å²) in [6, 6.07) is 8.73. The molecule has 1 aromatic carbocycles. The number of benzene rings is 1. The van der Waals surface area contributed by atoms with Gasteiger partial charge in [-0.05, 0) is 56.6 Å². The Morgan fingerprint density at radius 3 is 2.41 bits per heavy atom. The number of rotatable bonds is 4. The van der Waals surface area contributed by atoms with Crippen LogP contribution < -0.4 is 15.4 Å². The molecule has 2 N–H and O–H groups in total. The number of carbonyl (C=O) groups excluding carboxylic acids is 1. The molecule has 0 aliphatic carbocycles. The van der Waals surface area contributed by atoms with Crippen LogP contribution in [-0.4, -0.2) is 29.5 Å². The number of amides is 1. The molecule has 5 nitrogen and oxygen atoms in total. The molecule has 160 valence electrons. The van der Waals surface area contributed by atoms with E-state index in [9.17, 15) is 18.0 Å². The Hall–Kier alpha value is -2.03. The van der Waals surface area contributed by atoms with E-state index < -0.39 is 11.7 Å². The van der Waals surface area contributed by atoms with Gasteiger partial charge in [0.1, 0.15) is 5.75 Å². The maximum Gasteiger partial charge on any atom is 0.417 e. The highest BCUT2D eigenvalue weighted by atomic mass is 35.5. The van der Waals surface area contributed by atoms with Crippen LogP contribution in [0, 0.1) is 0 Å². The minimum absolute atomic E-state index is 0. The molecule has 3 rings (SSSR count). The largest absolute Gasteiger partial charge is 0.439 e. The van der Waals surface area contributed by atoms with Crippen LogP contribution in [0.15, 0.2) is 42.6 Å². The summed E-state index contributed by atoms with van der Waals surface area (Å²) in [4.78, 5) is 16.0. The van der Waals surface area contributed by atoms with Gasteiger partial charge in [0.05, 0.1) is 5.56 Å². The minimum atomic E-state index is -4.44. The first kappa shape index (κ1) is 25.0. The number of pyridine rings is 1. The van der Waals surface area contributed by atoms with Gasteiger partial charge in [-0.2, -0.15) is 13.2 Å². The summed E-state index contributed by atoms with van der Waals surface area (Å²) < 4.78 is 43.0. The summed E-state index contributed by atoms with van der Waals surface area (Å²) >= 11 is 0. The number of hydrogen-bond donors (Lipinski definition) is 2. The van der Waals surface area contributed by atoms with Gasteiger partial charge in [-0.25, -0.2) is 4.98 Å². The first-order valence-corrected chi connectivity index (χ1v) is 8.68. The number of alkyl halides is 3. The summed E-state index contributed by atoms with van der Waals surface area (Å²) in [6.45, 7) is 3.00. The summed E-state index contributed by atoms with van der Waals surface area (Å²) in [5, 5.41) is 6.34. The van der Waals surface area contributed by atoms with E-state index in [0.29, 0.717) is 11.3 Å². The molecule has 0 spiro atoms. The molecule has 1 aliphatic heterocycles. The number of carbonyl (C=O) groups is 1. The van der Waals surface area contributed by atoms with Crippen LogP contribution in [0.3, 0.4) is 0 Å². The predicted molar refractivity (Wildman–Crippen MR) is 108 cm³/mol. The van der Waals surface area contributed by atoms with Crippen LogP contribution in [0.1, 0.15) is 35.7 Å². The first-order valence-electron chi connectivity index (χ1n) is 8.68. The van der Waals surface area contributed by atoms with Crippen molar-refractivity contribution < 1.29 is 22.7 Å². The van der Waals surface area contributed by atoms with Crippen molar-refractivity contribution in [2.24, 2.45) is 0 Å². The number of aromatic nitrogens is 1. The Labute approximate surface area is 179 Å². The second-order valence-corrected chi connectivity index (χ2v) is 6.47. The third-order valence-electron chi connectivity index (χ3n) is 4.48. The van der Waals surface area contributed by atoms with Gasteiger partial charge < -0.3 is 15.4 Å². The SMILES string of the molecule is CC1NCCCC1NC(=O)c1ccc(Oc2ccc(C(F)(F)F)cn2)cc1.Cl.Cl. The summed E-state index contributed by atoms with van der Waals surface area (Å²) in [7, 11) is 0. The molecule has 1 fully saturated rings. The molecule has 10 heteroatoms. The molecule has 29 heavy (non-hydrogen) atoms. The Morgan fingerprint density at radius 1 is 1.17 bits per heavy atom. The number of nitrogens with one attached hydrogen (secondary N) is 2. The molecule has 1 saturated heterocycles. The van der Waals surface area contributed by atoms with Gasteiger partial charge in [0.2, 0.25) is 5.88 Å². The van der Waals surface area contributed by atoms with Crippen LogP contribution in [0.5, 0.6) is 11.6 Å². The van der Waals surface area contributed by atoms with Gasteiger partial charge in [0.25, 0.3) is 5.91 Å². The molecule has 0 saturated carbocycles. The van der Waals surface area contributed by atoms with Crippen LogP contribution in [0.25, 0.3) is 0 Å². The second-order valence-electron chi connectivity index (χ2n) is 6.47. The van der Waals surface area contributed by atoms with Crippen LogP contribution in [-0.2, 0) is 6.18 Å². The highest BCUT2D eigenvalue weighted by Gasteiger charge is 2.30. The van der Waals surface area contributed by atoms with Crippen LogP contribution >= 0.6 is 24.8 Å². The zero-order valence-electron chi connectivity index (χ0n) is 15.5. The standard InChI is InChI=1S/C19H20F3N3O2.2ClH/c1-12-16(3-2-10-23-12)25-18(26)13-4-7-15(8-5-13)27-17-9-6-14(11-24-17)19(20,21)22;;/h4-9,11-12,16,23H,2-3,10H2,1H3,(H,25,26);2*1H. The van der Waals surface area contributed by atoms with E-state index in [-0.39, 0.29) is 48.7 Å². The van der Waals surface area contributed by atoms with Crippen molar-refractivity contribution in [1.82, 2.24) is 15.6 Å². The number of ether oxygens (including phenoxy) is 1. The third-order valence-corrected chi connectivity index (χ3v) is 4.48. The second kappa shape index (κ2) is 10.7. The monoisotopic (exact) mass is 451 g/mol. The molecule has 2 aromatic rings. The lowest BCUT2D eigenvalue weighted by Gasteiger charge is -2.30. The zero-order valence-corrected chi connectivity index (χ0v) is 17.2. The highest BCUT2D eigenvalue weighted by Crippen LogP contribution is 2.30. The van der Waals surface area contributed by atoms with Crippen molar-refractivity contribution in [3.05, 3.63) is 53.7 Å². The topological polar surface area (TPSA) is 63.2 Å². The maximum atomic E-state index is 12.5. The lowest BCUT2D eigenvalue weighted by Crippen LogP contribution is -2.51. The molecule has 0 radical (unpaired) electrons. The fraction of sp³-hybridized carbons (Fsp3) is 0.368. The number of piperidine rings is 1. The van der Waals surface area contributed by atoms with Gasteiger partial charge in [-0.3, -0.25) is 4.79 Å². The zero-order chi connectivity index (χ0) is 19.4. The normalized spacial score (nSPS) is 18.8. The quantitative estimate of drug-likeness (QED) is 0.712.